The first-order chi connectivity index (χ1) is 9.10. The molecular formula is C15H21N3O. The highest BCUT2D eigenvalue weighted by molar-refractivity contribution is 5.37. The van der Waals surface area contributed by atoms with Crippen LogP contribution in [-0.4, -0.2) is 16.8 Å². The number of hydrogen-bond donors (Lipinski definition) is 1. The van der Waals surface area contributed by atoms with Crippen molar-refractivity contribution in [3.05, 3.63) is 41.7 Å². The van der Waals surface area contributed by atoms with Gasteiger partial charge in [-0.05, 0) is 51.1 Å². The first-order valence-electron chi connectivity index (χ1n) is 6.56. The zero-order chi connectivity index (χ0) is 13.8. The Balaban J connectivity index is 2.12. The van der Waals surface area contributed by atoms with Crippen molar-refractivity contribution in [1.82, 2.24) is 15.1 Å². The zero-order valence-corrected chi connectivity index (χ0v) is 12.0. The van der Waals surface area contributed by atoms with Crippen molar-refractivity contribution in [3.63, 3.8) is 0 Å². The van der Waals surface area contributed by atoms with E-state index in [-0.39, 0.29) is 0 Å². The fourth-order valence-electron chi connectivity index (χ4n) is 1.91. The summed E-state index contributed by atoms with van der Waals surface area (Å²) < 4.78 is 7.71. The molecule has 0 saturated carbocycles. The minimum atomic E-state index is 0.345. The summed E-state index contributed by atoms with van der Waals surface area (Å²) >= 11 is 0. The minimum Gasteiger partial charge on any atom is -0.454 e. The molecule has 1 N–H and O–H groups in total. The minimum absolute atomic E-state index is 0.345. The molecule has 0 aliphatic heterocycles. The molecule has 0 aliphatic rings. The molecule has 0 fully saturated rings. The van der Waals surface area contributed by atoms with E-state index >= 15 is 0 Å². The molecule has 0 amide bonds. The number of aromatic nitrogens is 2. The lowest BCUT2D eigenvalue weighted by Gasteiger charge is -2.08. The Morgan fingerprint density at radius 3 is 2.68 bits per heavy atom. The Morgan fingerprint density at radius 1 is 1.32 bits per heavy atom. The summed E-state index contributed by atoms with van der Waals surface area (Å²) in [5.74, 6) is 1.62. The molecule has 1 aromatic heterocycles. The van der Waals surface area contributed by atoms with Crippen LogP contribution in [0.25, 0.3) is 0 Å². The normalized spacial score (nSPS) is 11.0. The smallest absolute Gasteiger partial charge is 0.165 e. The van der Waals surface area contributed by atoms with Gasteiger partial charge in [-0.2, -0.15) is 5.10 Å². The first-order valence-corrected chi connectivity index (χ1v) is 6.56. The summed E-state index contributed by atoms with van der Waals surface area (Å²) in [5, 5.41) is 7.42. The lowest BCUT2D eigenvalue weighted by molar-refractivity contribution is 0.476. The Hall–Kier alpha value is -1.81. The third kappa shape index (κ3) is 3.35. The largest absolute Gasteiger partial charge is 0.454 e. The molecule has 19 heavy (non-hydrogen) atoms. The van der Waals surface area contributed by atoms with Crippen LogP contribution in [0.3, 0.4) is 0 Å². The first kappa shape index (κ1) is 13.6. The van der Waals surface area contributed by atoms with E-state index < -0.39 is 0 Å². The standard InChI is InChI=1S/C15H21N3O/c1-11(2)18-10-15(9-17-18)19-14-6-5-13(8-16-4)12(3)7-14/h5-7,9-11,16H,8H2,1-4H3. The van der Waals surface area contributed by atoms with Crippen molar-refractivity contribution in [2.75, 3.05) is 7.05 Å². The van der Waals surface area contributed by atoms with Crippen LogP contribution in [0.5, 0.6) is 11.5 Å². The second kappa shape index (κ2) is 5.89. The summed E-state index contributed by atoms with van der Waals surface area (Å²) in [6.07, 6.45) is 3.67. The van der Waals surface area contributed by atoms with Gasteiger partial charge in [-0.25, -0.2) is 0 Å². The van der Waals surface area contributed by atoms with Gasteiger partial charge in [0.25, 0.3) is 0 Å². The number of ether oxygens (including phenoxy) is 1. The van der Waals surface area contributed by atoms with Crippen molar-refractivity contribution in [2.24, 2.45) is 0 Å². The van der Waals surface area contributed by atoms with Crippen molar-refractivity contribution in [2.45, 2.75) is 33.4 Å². The molecule has 2 rings (SSSR count). The summed E-state index contributed by atoms with van der Waals surface area (Å²) in [6.45, 7) is 7.15. The molecule has 2 aromatic rings. The topological polar surface area (TPSA) is 39.1 Å². The third-order valence-corrected chi connectivity index (χ3v) is 3.02. The number of benzene rings is 1. The van der Waals surface area contributed by atoms with Gasteiger partial charge in [-0.3, -0.25) is 4.68 Å². The Kier molecular flexibility index (Phi) is 4.22. The highest BCUT2D eigenvalue weighted by Crippen LogP contribution is 2.24. The zero-order valence-electron chi connectivity index (χ0n) is 12.0. The molecule has 1 heterocycles. The van der Waals surface area contributed by atoms with Gasteiger partial charge in [0, 0.05) is 12.6 Å². The molecule has 0 radical (unpaired) electrons. The predicted octanol–water partition coefficient (Wildman–Crippen LogP) is 3.28. The van der Waals surface area contributed by atoms with Gasteiger partial charge < -0.3 is 10.1 Å². The molecule has 0 bridgehead atoms. The van der Waals surface area contributed by atoms with E-state index in [0.29, 0.717) is 6.04 Å². The second-order valence-corrected chi connectivity index (χ2v) is 4.97. The van der Waals surface area contributed by atoms with E-state index in [1.165, 1.54) is 11.1 Å². The van der Waals surface area contributed by atoms with Crippen LogP contribution in [0.15, 0.2) is 30.6 Å². The van der Waals surface area contributed by atoms with Crippen LogP contribution >= 0.6 is 0 Å². The third-order valence-electron chi connectivity index (χ3n) is 3.02. The molecule has 0 unspecified atom stereocenters. The van der Waals surface area contributed by atoms with E-state index in [1.807, 2.05) is 24.0 Å². The van der Waals surface area contributed by atoms with Crippen LogP contribution in [0.2, 0.25) is 0 Å². The van der Waals surface area contributed by atoms with Gasteiger partial charge in [-0.15, -0.1) is 0 Å². The molecular weight excluding hydrogens is 238 g/mol. The van der Waals surface area contributed by atoms with Crippen molar-refractivity contribution >= 4 is 0 Å². The Labute approximate surface area is 114 Å². The fraction of sp³-hybridized carbons (Fsp3) is 0.400. The van der Waals surface area contributed by atoms with E-state index in [1.54, 1.807) is 6.20 Å². The van der Waals surface area contributed by atoms with Crippen molar-refractivity contribution in [1.29, 1.82) is 0 Å². The monoisotopic (exact) mass is 259 g/mol. The quantitative estimate of drug-likeness (QED) is 0.895. The van der Waals surface area contributed by atoms with Crippen LogP contribution < -0.4 is 10.1 Å². The average Bonchev–Trinajstić information content (AvgIpc) is 2.81. The predicted molar refractivity (Wildman–Crippen MR) is 76.6 cm³/mol. The fourth-order valence-corrected chi connectivity index (χ4v) is 1.91. The molecule has 1 aromatic carbocycles. The molecule has 0 saturated heterocycles. The van der Waals surface area contributed by atoms with Gasteiger partial charge in [-0.1, -0.05) is 6.07 Å². The van der Waals surface area contributed by atoms with Gasteiger partial charge in [0.15, 0.2) is 5.75 Å². The highest BCUT2D eigenvalue weighted by Gasteiger charge is 2.05. The lowest BCUT2D eigenvalue weighted by Crippen LogP contribution is -2.06. The van der Waals surface area contributed by atoms with Crippen LogP contribution in [-0.2, 0) is 6.54 Å². The number of nitrogens with one attached hydrogen (secondary N) is 1. The number of rotatable bonds is 5. The van der Waals surface area contributed by atoms with Gasteiger partial charge >= 0.3 is 0 Å². The molecule has 0 atom stereocenters. The molecule has 102 valence electrons. The van der Waals surface area contributed by atoms with Crippen LogP contribution in [0.4, 0.5) is 0 Å². The van der Waals surface area contributed by atoms with E-state index in [0.717, 1.165) is 18.0 Å². The van der Waals surface area contributed by atoms with E-state index in [2.05, 4.69) is 43.3 Å². The molecule has 0 spiro atoms. The number of aryl methyl sites for hydroxylation is 1. The lowest BCUT2D eigenvalue weighted by atomic mass is 10.1. The summed E-state index contributed by atoms with van der Waals surface area (Å²) in [7, 11) is 1.95. The van der Waals surface area contributed by atoms with E-state index in [9.17, 15) is 0 Å². The maximum Gasteiger partial charge on any atom is 0.165 e. The van der Waals surface area contributed by atoms with Crippen LogP contribution in [0, 0.1) is 6.92 Å². The van der Waals surface area contributed by atoms with Crippen molar-refractivity contribution in [3.8, 4) is 11.5 Å². The van der Waals surface area contributed by atoms with Crippen LogP contribution in [0.1, 0.15) is 31.0 Å². The maximum absolute atomic E-state index is 5.82. The highest BCUT2D eigenvalue weighted by atomic mass is 16.5. The molecule has 4 nitrogen and oxygen atoms in total. The average molecular weight is 259 g/mol. The SMILES string of the molecule is CNCc1ccc(Oc2cnn(C(C)C)c2)cc1C. The number of nitrogens with zero attached hydrogens (tertiary/aromatic N) is 2. The molecule has 4 heteroatoms. The summed E-state index contributed by atoms with van der Waals surface area (Å²) in [5.41, 5.74) is 2.51. The Bertz CT molecular complexity index is 546. The van der Waals surface area contributed by atoms with Crippen molar-refractivity contribution < 1.29 is 4.74 Å². The van der Waals surface area contributed by atoms with Gasteiger partial charge in [0.2, 0.25) is 0 Å². The van der Waals surface area contributed by atoms with Gasteiger partial charge in [0.05, 0.1) is 12.4 Å². The maximum atomic E-state index is 5.82. The number of hydrogen-bond acceptors (Lipinski definition) is 3. The Morgan fingerprint density at radius 2 is 2.11 bits per heavy atom. The molecule has 0 aliphatic carbocycles. The summed E-state index contributed by atoms with van der Waals surface area (Å²) in [4.78, 5) is 0. The summed E-state index contributed by atoms with van der Waals surface area (Å²) in [6, 6.07) is 6.48. The van der Waals surface area contributed by atoms with Gasteiger partial charge in [0.1, 0.15) is 5.75 Å². The second-order valence-electron chi connectivity index (χ2n) is 4.97. The van der Waals surface area contributed by atoms with E-state index in [4.69, 9.17) is 4.74 Å².